The Labute approximate surface area is 170 Å². The summed E-state index contributed by atoms with van der Waals surface area (Å²) in [5.74, 6) is 1.04. The van der Waals surface area contributed by atoms with Gasteiger partial charge >= 0.3 is 0 Å². The fourth-order valence-electron chi connectivity index (χ4n) is 3.26. The number of nitrogens with one attached hydrogen (secondary N) is 1. The first kappa shape index (κ1) is 20.6. The van der Waals surface area contributed by atoms with Crippen LogP contribution in [0.25, 0.3) is 0 Å². The molecule has 1 saturated heterocycles. The van der Waals surface area contributed by atoms with E-state index in [-0.39, 0.29) is 12.0 Å². The van der Waals surface area contributed by atoms with Crippen LogP contribution in [0.1, 0.15) is 37.6 Å². The lowest BCUT2D eigenvalue weighted by atomic mass is 10.0. The van der Waals surface area contributed by atoms with Crippen molar-refractivity contribution in [2.75, 3.05) is 42.3 Å². The van der Waals surface area contributed by atoms with E-state index in [1.807, 2.05) is 31.2 Å². The number of aryl methyl sites for hydroxylation is 1. The molecule has 2 aromatic rings. The number of hydrogen-bond donors (Lipinski definition) is 3. The van der Waals surface area contributed by atoms with Crippen molar-refractivity contribution in [2.45, 2.75) is 38.8 Å². The molecule has 1 atom stereocenters. The van der Waals surface area contributed by atoms with Crippen LogP contribution in [-0.4, -0.2) is 47.0 Å². The number of aliphatic hydroxyl groups is 1. The van der Waals surface area contributed by atoms with Crippen LogP contribution in [0.3, 0.4) is 0 Å². The van der Waals surface area contributed by atoms with Gasteiger partial charge in [0, 0.05) is 42.2 Å². The maximum Gasteiger partial charge on any atom is 0.222 e. The topological polar surface area (TPSA) is 96.5 Å². The molecular weight excluding hydrogens is 378 g/mol. The Morgan fingerprint density at radius 1 is 1.36 bits per heavy atom. The summed E-state index contributed by atoms with van der Waals surface area (Å²) in [5, 5.41) is 13.8. The summed E-state index contributed by atoms with van der Waals surface area (Å²) in [4.78, 5) is 10.8. The van der Waals surface area contributed by atoms with Gasteiger partial charge in [0.05, 0.1) is 18.2 Å². The fraction of sp³-hybridized carbons (Fsp3) is 0.500. The van der Waals surface area contributed by atoms with Crippen LogP contribution in [0, 0.1) is 6.92 Å². The molecule has 0 aliphatic carbocycles. The van der Waals surface area contributed by atoms with Crippen molar-refractivity contribution in [3.63, 3.8) is 0 Å². The monoisotopic (exact) mass is 405 g/mol. The zero-order valence-corrected chi connectivity index (χ0v) is 17.3. The van der Waals surface area contributed by atoms with Crippen LogP contribution in [0.5, 0.6) is 0 Å². The summed E-state index contributed by atoms with van der Waals surface area (Å²) in [6.07, 6.45) is 0.891. The predicted molar refractivity (Wildman–Crippen MR) is 113 cm³/mol. The maximum absolute atomic E-state index is 9.90. The van der Waals surface area contributed by atoms with Gasteiger partial charge < -0.3 is 25.8 Å². The highest BCUT2D eigenvalue weighted by Gasteiger charge is 2.27. The summed E-state index contributed by atoms with van der Waals surface area (Å²) in [5.41, 5.74) is 7.72. The van der Waals surface area contributed by atoms with Crippen LogP contribution in [0.2, 0.25) is 5.02 Å². The minimum Gasteiger partial charge on any atom is -0.389 e. The number of anilines is 3. The van der Waals surface area contributed by atoms with E-state index < -0.39 is 5.60 Å². The average molecular weight is 406 g/mol. The number of benzene rings is 1. The molecule has 1 aromatic heterocycles. The van der Waals surface area contributed by atoms with E-state index in [9.17, 15) is 5.11 Å². The SMILES string of the molecule is Cc1cc(N2CCCOC[C@@H]2c2ccc(NCC(C)(C)O)cc2Cl)nc(N)n1. The summed E-state index contributed by atoms with van der Waals surface area (Å²) in [6.45, 7) is 7.84. The van der Waals surface area contributed by atoms with Crippen molar-refractivity contribution in [3.8, 4) is 0 Å². The van der Waals surface area contributed by atoms with Gasteiger partial charge in [-0.05, 0) is 44.9 Å². The summed E-state index contributed by atoms with van der Waals surface area (Å²) in [6, 6.07) is 7.70. The van der Waals surface area contributed by atoms with Crippen molar-refractivity contribution in [1.82, 2.24) is 9.97 Å². The van der Waals surface area contributed by atoms with E-state index in [1.165, 1.54) is 0 Å². The molecule has 1 aliphatic rings. The van der Waals surface area contributed by atoms with Crippen LogP contribution in [0.4, 0.5) is 17.5 Å². The molecular formula is C20H28ClN5O2. The first-order valence-corrected chi connectivity index (χ1v) is 9.82. The molecule has 0 bridgehead atoms. The Morgan fingerprint density at radius 3 is 2.82 bits per heavy atom. The minimum absolute atomic E-state index is 0.0768. The van der Waals surface area contributed by atoms with E-state index in [0.717, 1.165) is 35.7 Å². The minimum atomic E-state index is -0.804. The number of nitrogen functional groups attached to an aromatic ring is 1. The number of rotatable bonds is 5. The van der Waals surface area contributed by atoms with Gasteiger partial charge in [0.2, 0.25) is 5.95 Å². The highest BCUT2D eigenvalue weighted by Crippen LogP contribution is 2.34. The Morgan fingerprint density at radius 2 is 2.14 bits per heavy atom. The van der Waals surface area contributed by atoms with Gasteiger partial charge in [-0.3, -0.25) is 0 Å². The molecule has 152 valence electrons. The summed E-state index contributed by atoms with van der Waals surface area (Å²) < 4.78 is 5.83. The highest BCUT2D eigenvalue weighted by molar-refractivity contribution is 6.31. The molecule has 7 nitrogen and oxygen atoms in total. The Kier molecular flexibility index (Phi) is 6.27. The number of ether oxygens (including phenoxy) is 1. The van der Waals surface area contributed by atoms with Crippen LogP contribution < -0.4 is 16.0 Å². The third-order valence-electron chi connectivity index (χ3n) is 4.58. The number of nitrogens with zero attached hydrogens (tertiary/aromatic N) is 3. The standard InChI is InChI=1S/C20H28ClN5O2/c1-13-9-18(25-19(22)24-13)26-7-4-8-28-11-17(26)15-6-5-14(10-16(15)21)23-12-20(2,3)27/h5-6,9-10,17,23,27H,4,7-8,11-12H2,1-3H3,(H2,22,24,25)/t17-/m1/s1. The first-order valence-electron chi connectivity index (χ1n) is 9.44. The molecule has 1 aliphatic heterocycles. The van der Waals surface area contributed by atoms with E-state index >= 15 is 0 Å². The molecule has 0 spiro atoms. The largest absolute Gasteiger partial charge is 0.389 e. The lowest BCUT2D eigenvalue weighted by Gasteiger charge is -2.31. The number of aromatic nitrogens is 2. The maximum atomic E-state index is 9.90. The molecule has 4 N–H and O–H groups in total. The van der Waals surface area contributed by atoms with Gasteiger partial charge in [-0.2, -0.15) is 4.98 Å². The average Bonchev–Trinajstić information content (AvgIpc) is 2.84. The molecule has 0 saturated carbocycles. The Hall–Kier alpha value is -2.09. The molecule has 1 aromatic carbocycles. The van der Waals surface area contributed by atoms with Gasteiger partial charge in [0.1, 0.15) is 5.82 Å². The second-order valence-electron chi connectivity index (χ2n) is 7.77. The molecule has 0 radical (unpaired) electrons. The van der Waals surface area contributed by atoms with E-state index in [1.54, 1.807) is 13.8 Å². The zero-order chi connectivity index (χ0) is 20.3. The van der Waals surface area contributed by atoms with E-state index in [0.29, 0.717) is 24.8 Å². The summed E-state index contributed by atoms with van der Waals surface area (Å²) in [7, 11) is 0. The van der Waals surface area contributed by atoms with Crippen molar-refractivity contribution in [1.29, 1.82) is 0 Å². The molecule has 0 amide bonds. The van der Waals surface area contributed by atoms with Crippen LogP contribution in [0.15, 0.2) is 24.3 Å². The van der Waals surface area contributed by atoms with Crippen molar-refractivity contribution >= 4 is 29.1 Å². The third-order valence-corrected chi connectivity index (χ3v) is 4.90. The lowest BCUT2D eigenvalue weighted by Crippen LogP contribution is -2.32. The molecule has 3 rings (SSSR count). The lowest BCUT2D eigenvalue weighted by molar-refractivity contribution is 0.0945. The highest BCUT2D eigenvalue weighted by atomic mass is 35.5. The van der Waals surface area contributed by atoms with Crippen molar-refractivity contribution in [3.05, 3.63) is 40.5 Å². The molecule has 8 heteroatoms. The van der Waals surface area contributed by atoms with Crippen LogP contribution in [-0.2, 0) is 4.74 Å². The van der Waals surface area contributed by atoms with E-state index in [2.05, 4.69) is 20.2 Å². The zero-order valence-electron chi connectivity index (χ0n) is 16.6. The van der Waals surface area contributed by atoms with E-state index in [4.69, 9.17) is 22.1 Å². The smallest absolute Gasteiger partial charge is 0.222 e. The number of halogens is 1. The fourth-order valence-corrected chi connectivity index (χ4v) is 3.56. The number of hydrogen-bond acceptors (Lipinski definition) is 7. The summed E-state index contributed by atoms with van der Waals surface area (Å²) >= 11 is 6.64. The van der Waals surface area contributed by atoms with Crippen molar-refractivity contribution in [2.24, 2.45) is 0 Å². The quantitative estimate of drug-likeness (QED) is 0.702. The van der Waals surface area contributed by atoms with Crippen molar-refractivity contribution < 1.29 is 9.84 Å². The Balaban J connectivity index is 1.90. The third kappa shape index (κ3) is 5.25. The van der Waals surface area contributed by atoms with Gasteiger partial charge in [0.15, 0.2) is 0 Å². The van der Waals surface area contributed by atoms with Gasteiger partial charge in [-0.25, -0.2) is 4.98 Å². The van der Waals surface area contributed by atoms with Gasteiger partial charge in [-0.15, -0.1) is 0 Å². The molecule has 0 unspecified atom stereocenters. The Bertz CT molecular complexity index is 804. The van der Waals surface area contributed by atoms with Crippen LogP contribution >= 0.6 is 11.6 Å². The van der Waals surface area contributed by atoms with Gasteiger partial charge in [-0.1, -0.05) is 17.7 Å². The van der Waals surface area contributed by atoms with Gasteiger partial charge in [0.25, 0.3) is 0 Å². The molecule has 1 fully saturated rings. The normalized spacial score (nSPS) is 18.0. The molecule has 2 heterocycles. The number of nitrogens with two attached hydrogens (primary N) is 1. The first-order chi connectivity index (χ1) is 13.2. The second-order valence-corrected chi connectivity index (χ2v) is 8.17. The molecule has 28 heavy (non-hydrogen) atoms. The second kappa shape index (κ2) is 8.51. The predicted octanol–water partition coefficient (Wildman–Crippen LogP) is 3.17.